The molecule has 0 N–H and O–H groups in total. The minimum atomic E-state index is 0.970. The minimum Gasteiger partial charge on any atom is -0.252 e. The maximum Gasteiger partial charge on any atom is 0.0705 e. The maximum atomic E-state index is 4.87. The van der Waals surface area contributed by atoms with Gasteiger partial charge < -0.3 is 0 Å². The van der Waals surface area contributed by atoms with Crippen molar-refractivity contribution in [3.8, 4) is 11.1 Å². The monoisotopic (exact) mass is 259 g/mol. The van der Waals surface area contributed by atoms with Crippen molar-refractivity contribution in [2.24, 2.45) is 0 Å². The van der Waals surface area contributed by atoms with E-state index in [9.17, 15) is 0 Å². The molecule has 0 saturated heterocycles. The zero-order valence-electron chi connectivity index (χ0n) is 12.1. The molecule has 0 saturated carbocycles. The Morgan fingerprint density at radius 2 is 1.75 bits per heavy atom. The van der Waals surface area contributed by atoms with Crippen LogP contribution in [0, 0.1) is 20.8 Å². The summed E-state index contributed by atoms with van der Waals surface area (Å²) in [6.07, 6.45) is 0.970. The Hall–Kier alpha value is -2.15. The van der Waals surface area contributed by atoms with Gasteiger partial charge in [0.05, 0.1) is 11.2 Å². The predicted molar refractivity (Wildman–Crippen MR) is 84.2 cm³/mol. The predicted octanol–water partition coefficient (Wildman–Crippen LogP) is 4.73. The summed E-state index contributed by atoms with van der Waals surface area (Å²) in [6.45, 7) is 6.67. The number of benzene rings is 2. The highest BCUT2D eigenvalue weighted by molar-refractivity contribution is 5.89. The average Bonchev–Trinajstić information content (AvgIpc) is 2.79. The fraction of sp³-hybridized carbons (Fsp3) is 0.211. The first-order valence-corrected chi connectivity index (χ1v) is 7.14. The van der Waals surface area contributed by atoms with Gasteiger partial charge in [0, 0.05) is 17.4 Å². The van der Waals surface area contributed by atoms with Crippen LogP contribution in [-0.4, -0.2) is 4.98 Å². The summed E-state index contributed by atoms with van der Waals surface area (Å²) < 4.78 is 0. The summed E-state index contributed by atoms with van der Waals surface area (Å²) in [5, 5.41) is 1.23. The van der Waals surface area contributed by atoms with Crippen LogP contribution in [0.4, 0.5) is 0 Å². The second-order valence-corrected chi connectivity index (χ2v) is 5.83. The molecule has 2 aromatic carbocycles. The third-order valence-corrected chi connectivity index (χ3v) is 4.67. The minimum absolute atomic E-state index is 0.970. The van der Waals surface area contributed by atoms with Gasteiger partial charge in [-0.15, -0.1) is 0 Å². The van der Waals surface area contributed by atoms with Crippen LogP contribution in [-0.2, 0) is 6.42 Å². The van der Waals surface area contributed by atoms with E-state index in [-0.39, 0.29) is 0 Å². The Morgan fingerprint density at radius 1 is 0.950 bits per heavy atom. The molecule has 1 aromatic heterocycles. The number of pyridine rings is 1. The molecule has 1 aliphatic rings. The highest BCUT2D eigenvalue weighted by atomic mass is 14.7. The average molecular weight is 259 g/mol. The summed E-state index contributed by atoms with van der Waals surface area (Å²) in [4.78, 5) is 4.87. The van der Waals surface area contributed by atoms with Crippen molar-refractivity contribution in [1.29, 1.82) is 0 Å². The summed E-state index contributed by atoms with van der Waals surface area (Å²) in [6, 6.07) is 13.0. The zero-order valence-corrected chi connectivity index (χ0v) is 12.1. The molecule has 0 bridgehead atoms. The van der Waals surface area contributed by atoms with Gasteiger partial charge in [-0.25, -0.2) is 0 Å². The molecular formula is C19H17N. The number of para-hydroxylation sites is 1. The molecule has 0 fully saturated rings. The van der Waals surface area contributed by atoms with Gasteiger partial charge in [0.2, 0.25) is 0 Å². The number of rotatable bonds is 0. The van der Waals surface area contributed by atoms with Gasteiger partial charge in [-0.1, -0.05) is 24.3 Å². The molecule has 1 aliphatic carbocycles. The van der Waals surface area contributed by atoms with Gasteiger partial charge in [0.25, 0.3) is 0 Å². The SMILES string of the molecule is Cc1cc2c(c(C)c1C)-c1cc3ccccc3nc1C2. The van der Waals surface area contributed by atoms with Gasteiger partial charge in [-0.3, -0.25) is 4.98 Å². The van der Waals surface area contributed by atoms with E-state index in [0.717, 1.165) is 11.9 Å². The molecule has 0 spiro atoms. The third kappa shape index (κ3) is 1.46. The molecular weight excluding hydrogens is 242 g/mol. The van der Waals surface area contributed by atoms with Crippen molar-refractivity contribution < 1.29 is 0 Å². The number of hydrogen-bond donors (Lipinski definition) is 0. The number of nitrogens with zero attached hydrogens (tertiary/aromatic N) is 1. The molecule has 0 atom stereocenters. The Morgan fingerprint density at radius 3 is 2.60 bits per heavy atom. The van der Waals surface area contributed by atoms with Crippen LogP contribution in [0.2, 0.25) is 0 Å². The van der Waals surface area contributed by atoms with Gasteiger partial charge in [0.1, 0.15) is 0 Å². The molecule has 0 aliphatic heterocycles. The van der Waals surface area contributed by atoms with E-state index >= 15 is 0 Å². The van der Waals surface area contributed by atoms with E-state index in [2.05, 4.69) is 57.2 Å². The van der Waals surface area contributed by atoms with Crippen molar-refractivity contribution >= 4 is 10.9 Å². The van der Waals surface area contributed by atoms with E-state index in [1.807, 2.05) is 0 Å². The van der Waals surface area contributed by atoms with E-state index in [1.54, 1.807) is 0 Å². The molecule has 1 heteroatoms. The van der Waals surface area contributed by atoms with E-state index in [0.29, 0.717) is 0 Å². The lowest BCUT2D eigenvalue weighted by atomic mass is 9.93. The van der Waals surface area contributed by atoms with E-state index in [4.69, 9.17) is 4.98 Å². The number of aromatic nitrogens is 1. The molecule has 0 amide bonds. The third-order valence-electron chi connectivity index (χ3n) is 4.67. The normalized spacial score (nSPS) is 12.6. The van der Waals surface area contributed by atoms with Crippen molar-refractivity contribution in [1.82, 2.24) is 4.98 Å². The molecule has 1 heterocycles. The summed E-state index contributed by atoms with van der Waals surface area (Å²) in [7, 11) is 0. The number of hydrogen-bond acceptors (Lipinski definition) is 1. The van der Waals surface area contributed by atoms with Crippen molar-refractivity contribution in [2.45, 2.75) is 27.2 Å². The van der Waals surface area contributed by atoms with Gasteiger partial charge in [0.15, 0.2) is 0 Å². The fourth-order valence-corrected chi connectivity index (χ4v) is 3.37. The number of aryl methyl sites for hydroxylation is 1. The molecule has 1 nitrogen and oxygen atoms in total. The van der Waals surface area contributed by atoms with Crippen LogP contribution < -0.4 is 0 Å². The van der Waals surface area contributed by atoms with Crippen LogP contribution in [0.15, 0.2) is 36.4 Å². The lowest BCUT2D eigenvalue weighted by Gasteiger charge is -2.12. The topological polar surface area (TPSA) is 12.9 Å². The van der Waals surface area contributed by atoms with Gasteiger partial charge in [-0.2, -0.15) is 0 Å². The van der Waals surface area contributed by atoms with Crippen LogP contribution in [0.3, 0.4) is 0 Å². The van der Waals surface area contributed by atoms with Crippen LogP contribution in [0.25, 0.3) is 22.0 Å². The molecule has 98 valence electrons. The first-order valence-electron chi connectivity index (χ1n) is 7.14. The summed E-state index contributed by atoms with van der Waals surface area (Å²) >= 11 is 0. The van der Waals surface area contributed by atoms with Gasteiger partial charge in [-0.05, 0) is 60.7 Å². The Bertz CT molecular complexity index is 859. The van der Waals surface area contributed by atoms with Crippen molar-refractivity contribution in [3.63, 3.8) is 0 Å². The van der Waals surface area contributed by atoms with E-state index < -0.39 is 0 Å². The largest absolute Gasteiger partial charge is 0.252 e. The Labute approximate surface area is 119 Å². The van der Waals surface area contributed by atoms with Crippen molar-refractivity contribution in [3.05, 3.63) is 64.3 Å². The van der Waals surface area contributed by atoms with E-state index in [1.165, 1.54) is 44.5 Å². The first-order chi connectivity index (χ1) is 9.65. The van der Waals surface area contributed by atoms with Gasteiger partial charge >= 0.3 is 0 Å². The van der Waals surface area contributed by atoms with Crippen molar-refractivity contribution in [2.75, 3.05) is 0 Å². The highest BCUT2D eigenvalue weighted by Crippen LogP contribution is 2.41. The second-order valence-electron chi connectivity index (χ2n) is 5.83. The molecule has 20 heavy (non-hydrogen) atoms. The quantitative estimate of drug-likeness (QED) is 0.445. The lowest BCUT2D eigenvalue weighted by Crippen LogP contribution is -1.92. The highest BCUT2D eigenvalue weighted by Gasteiger charge is 2.23. The standard InChI is InChI=1S/C19H17N/c1-11-8-15-10-18-16(19(15)13(3)12(11)2)9-14-6-4-5-7-17(14)20-18/h4-9H,10H2,1-3H3. The second kappa shape index (κ2) is 3.92. The fourth-order valence-electron chi connectivity index (χ4n) is 3.37. The first kappa shape index (κ1) is 11.7. The maximum absolute atomic E-state index is 4.87. The molecule has 3 aromatic rings. The lowest BCUT2D eigenvalue weighted by molar-refractivity contribution is 1.14. The molecule has 0 radical (unpaired) electrons. The molecule has 0 unspecified atom stereocenters. The summed E-state index contributed by atoms with van der Waals surface area (Å²) in [5.41, 5.74) is 10.7. The van der Waals surface area contributed by atoms with Crippen LogP contribution >= 0.6 is 0 Å². The zero-order chi connectivity index (χ0) is 13.9. The Kier molecular flexibility index (Phi) is 2.29. The number of fused-ring (bicyclic) bond motifs is 4. The summed E-state index contributed by atoms with van der Waals surface area (Å²) in [5.74, 6) is 0. The van der Waals surface area contributed by atoms with Crippen LogP contribution in [0.1, 0.15) is 27.9 Å². The Balaban J connectivity index is 2.07. The smallest absolute Gasteiger partial charge is 0.0705 e. The van der Waals surface area contributed by atoms with Crippen LogP contribution in [0.5, 0.6) is 0 Å². The molecule has 4 rings (SSSR count).